The summed E-state index contributed by atoms with van der Waals surface area (Å²) in [6, 6.07) is 0. The number of fused-ring (bicyclic) bond motifs is 1. The minimum absolute atomic E-state index is 0.00419. The second-order valence-electron chi connectivity index (χ2n) is 4.78. The molecular formula is C13H15ClN4O3S. The van der Waals surface area contributed by atoms with Crippen LogP contribution in [-0.4, -0.2) is 30.6 Å². The molecule has 0 atom stereocenters. The first-order chi connectivity index (χ1) is 10.3. The first-order valence-electron chi connectivity index (χ1n) is 6.45. The van der Waals surface area contributed by atoms with Crippen LogP contribution in [0.4, 0.5) is 0 Å². The third-order valence-electron chi connectivity index (χ3n) is 2.93. The highest BCUT2D eigenvalue weighted by molar-refractivity contribution is 7.99. The summed E-state index contributed by atoms with van der Waals surface area (Å²) >= 11 is 7.06. The van der Waals surface area contributed by atoms with Gasteiger partial charge in [-0.3, -0.25) is 19.1 Å². The molecule has 0 aliphatic heterocycles. The number of H-pyrrole nitrogens is 1. The lowest BCUT2D eigenvalue weighted by Crippen LogP contribution is -2.29. The lowest BCUT2D eigenvalue weighted by Gasteiger charge is -2.05. The molecule has 0 unspecified atom stereocenters. The minimum Gasteiger partial charge on any atom is -0.309 e. The van der Waals surface area contributed by atoms with Gasteiger partial charge in [0.1, 0.15) is 5.78 Å². The number of nitrogens with zero attached hydrogens (tertiary/aromatic N) is 3. The van der Waals surface area contributed by atoms with E-state index >= 15 is 0 Å². The number of hydrogen-bond donors (Lipinski definition) is 1. The van der Waals surface area contributed by atoms with Gasteiger partial charge in [0, 0.05) is 18.6 Å². The van der Waals surface area contributed by atoms with E-state index in [-0.39, 0.29) is 22.7 Å². The number of aromatic amines is 1. The van der Waals surface area contributed by atoms with Crippen LogP contribution >= 0.6 is 23.4 Å². The predicted octanol–water partition coefficient (Wildman–Crippen LogP) is 1.25. The van der Waals surface area contributed by atoms with Crippen LogP contribution in [0.15, 0.2) is 25.9 Å². The summed E-state index contributed by atoms with van der Waals surface area (Å²) in [5, 5.41) is 1.07. The Morgan fingerprint density at radius 3 is 2.68 bits per heavy atom. The van der Waals surface area contributed by atoms with Crippen LogP contribution in [0.2, 0.25) is 0 Å². The van der Waals surface area contributed by atoms with Crippen molar-refractivity contribution >= 4 is 40.3 Å². The molecular weight excluding hydrogens is 328 g/mol. The van der Waals surface area contributed by atoms with Gasteiger partial charge in [-0.1, -0.05) is 29.4 Å². The van der Waals surface area contributed by atoms with E-state index in [2.05, 4.69) is 9.97 Å². The second-order valence-corrected chi connectivity index (χ2v) is 6.32. The number of carbonyl (C=O) groups is 1. The summed E-state index contributed by atoms with van der Waals surface area (Å²) in [7, 11) is 1.53. The van der Waals surface area contributed by atoms with Crippen molar-refractivity contribution in [3.05, 3.63) is 31.9 Å². The summed E-state index contributed by atoms with van der Waals surface area (Å²) < 4.78 is 2.91. The number of halogens is 1. The highest BCUT2D eigenvalue weighted by Crippen LogP contribution is 2.21. The van der Waals surface area contributed by atoms with Crippen molar-refractivity contribution in [2.24, 2.45) is 7.05 Å². The Morgan fingerprint density at radius 2 is 2.09 bits per heavy atom. The molecule has 0 radical (unpaired) electrons. The van der Waals surface area contributed by atoms with Crippen LogP contribution in [0.1, 0.15) is 13.8 Å². The number of imidazole rings is 1. The third-order valence-corrected chi connectivity index (χ3v) is 4.21. The van der Waals surface area contributed by atoms with Gasteiger partial charge >= 0.3 is 5.69 Å². The van der Waals surface area contributed by atoms with Crippen LogP contribution in [0.3, 0.4) is 0 Å². The number of aryl methyl sites for hydroxylation is 1. The Kier molecular flexibility index (Phi) is 4.92. The number of hydrogen-bond acceptors (Lipinski definition) is 5. The van der Waals surface area contributed by atoms with Crippen molar-refractivity contribution in [3.63, 3.8) is 0 Å². The molecule has 0 aromatic carbocycles. The molecule has 2 aromatic heterocycles. The lowest BCUT2D eigenvalue weighted by atomic mass is 10.4. The monoisotopic (exact) mass is 342 g/mol. The Hall–Kier alpha value is -1.80. The molecule has 0 amide bonds. The quantitative estimate of drug-likeness (QED) is 0.826. The number of Topliss-reactive ketones (excluding diaryl/α,β-unsaturated/α-hetero) is 1. The SMILES string of the molecule is CC(=O)CSc1nc2c(c(=O)[nH]c(=O)n2C)n1C/C=C(/C)Cl. The maximum Gasteiger partial charge on any atom is 0.329 e. The molecule has 9 heteroatoms. The first-order valence-corrected chi connectivity index (χ1v) is 7.81. The Balaban J connectivity index is 2.69. The van der Waals surface area contributed by atoms with Crippen molar-refractivity contribution in [2.75, 3.05) is 5.75 Å². The molecule has 0 aliphatic carbocycles. The van der Waals surface area contributed by atoms with Crippen molar-refractivity contribution < 1.29 is 4.79 Å². The molecule has 22 heavy (non-hydrogen) atoms. The molecule has 2 aromatic rings. The number of rotatable bonds is 5. The average Bonchev–Trinajstić information content (AvgIpc) is 2.79. The van der Waals surface area contributed by atoms with Gasteiger partial charge in [-0.15, -0.1) is 0 Å². The van der Waals surface area contributed by atoms with Gasteiger partial charge in [0.25, 0.3) is 5.56 Å². The van der Waals surface area contributed by atoms with Crippen LogP contribution in [0.25, 0.3) is 11.2 Å². The maximum atomic E-state index is 12.1. The number of carbonyl (C=O) groups excluding carboxylic acids is 1. The highest BCUT2D eigenvalue weighted by Gasteiger charge is 2.17. The van der Waals surface area contributed by atoms with Crippen LogP contribution in [0.5, 0.6) is 0 Å². The molecule has 2 rings (SSSR count). The van der Waals surface area contributed by atoms with Gasteiger partial charge < -0.3 is 4.57 Å². The molecule has 2 heterocycles. The zero-order valence-electron chi connectivity index (χ0n) is 12.3. The van der Waals surface area contributed by atoms with Gasteiger partial charge in [0.2, 0.25) is 0 Å². The van der Waals surface area contributed by atoms with Crippen molar-refractivity contribution in [3.8, 4) is 0 Å². The van der Waals surface area contributed by atoms with E-state index in [9.17, 15) is 14.4 Å². The van der Waals surface area contributed by atoms with E-state index in [1.54, 1.807) is 17.6 Å². The fourth-order valence-electron chi connectivity index (χ4n) is 1.88. The summed E-state index contributed by atoms with van der Waals surface area (Å²) in [5.74, 6) is 0.231. The molecule has 0 aliphatic rings. The van der Waals surface area contributed by atoms with Gasteiger partial charge in [-0.25, -0.2) is 9.78 Å². The van der Waals surface area contributed by atoms with Crippen LogP contribution in [-0.2, 0) is 18.4 Å². The van der Waals surface area contributed by atoms with Gasteiger partial charge in [-0.2, -0.15) is 0 Å². The molecule has 0 saturated carbocycles. The third kappa shape index (κ3) is 3.33. The molecule has 0 fully saturated rings. The lowest BCUT2D eigenvalue weighted by molar-refractivity contribution is -0.114. The van der Waals surface area contributed by atoms with Crippen LogP contribution < -0.4 is 11.2 Å². The van der Waals surface area contributed by atoms with E-state index in [4.69, 9.17) is 11.6 Å². The number of thioether (sulfide) groups is 1. The first kappa shape index (κ1) is 16.6. The van der Waals surface area contributed by atoms with Crippen molar-refractivity contribution in [1.82, 2.24) is 19.1 Å². The Bertz CT molecular complexity index is 874. The molecule has 0 spiro atoms. The summed E-state index contributed by atoms with van der Waals surface area (Å²) in [6.45, 7) is 3.53. The molecule has 7 nitrogen and oxygen atoms in total. The topological polar surface area (TPSA) is 89.8 Å². The number of ketones is 1. The molecule has 0 saturated heterocycles. The highest BCUT2D eigenvalue weighted by atomic mass is 35.5. The van der Waals surface area contributed by atoms with Gasteiger partial charge in [0.05, 0.1) is 5.75 Å². The Morgan fingerprint density at radius 1 is 1.41 bits per heavy atom. The number of allylic oxidation sites excluding steroid dienone is 2. The molecule has 0 bridgehead atoms. The minimum atomic E-state index is -0.533. The van der Waals surface area contributed by atoms with E-state index < -0.39 is 11.2 Å². The second kappa shape index (κ2) is 6.53. The average molecular weight is 343 g/mol. The normalized spacial score (nSPS) is 12.1. The number of aromatic nitrogens is 4. The van der Waals surface area contributed by atoms with Gasteiger partial charge in [0.15, 0.2) is 16.3 Å². The molecule has 118 valence electrons. The van der Waals surface area contributed by atoms with Gasteiger partial charge in [-0.05, 0) is 13.8 Å². The summed E-state index contributed by atoms with van der Waals surface area (Å²) in [4.78, 5) is 41.5. The maximum absolute atomic E-state index is 12.1. The Labute approximate surface area is 135 Å². The fourth-order valence-corrected chi connectivity index (χ4v) is 2.75. The van der Waals surface area contributed by atoms with E-state index in [1.165, 1.54) is 30.3 Å². The fraction of sp³-hybridized carbons (Fsp3) is 0.385. The summed E-state index contributed by atoms with van der Waals surface area (Å²) in [5.41, 5.74) is -0.488. The predicted molar refractivity (Wildman–Crippen MR) is 86.6 cm³/mol. The number of nitrogens with one attached hydrogen (secondary N) is 1. The standard InChI is InChI=1S/C13H15ClN4O3S/c1-7(14)4-5-18-9-10(15-13(18)22-6-8(2)19)17(3)12(21)16-11(9)20/h4H,5-6H2,1-3H3,(H,16,20,21)/b7-4-. The zero-order chi connectivity index (χ0) is 16.4. The van der Waals surface area contributed by atoms with Crippen molar-refractivity contribution in [2.45, 2.75) is 25.5 Å². The largest absolute Gasteiger partial charge is 0.329 e. The molecule has 1 N–H and O–H groups in total. The zero-order valence-corrected chi connectivity index (χ0v) is 13.9. The van der Waals surface area contributed by atoms with Crippen LogP contribution in [0, 0.1) is 0 Å². The smallest absolute Gasteiger partial charge is 0.309 e. The van der Waals surface area contributed by atoms with Crippen molar-refractivity contribution in [1.29, 1.82) is 0 Å². The summed E-state index contributed by atoms with van der Waals surface area (Å²) in [6.07, 6.45) is 1.73. The van der Waals surface area contributed by atoms with E-state index in [0.717, 1.165) is 0 Å². The van der Waals surface area contributed by atoms with E-state index in [0.29, 0.717) is 16.7 Å². The van der Waals surface area contributed by atoms with E-state index in [1.807, 2.05) is 0 Å².